The zero-order chi connectivity index (χ0) is 26.7. The van der Waals surface area contributed by atoms with E-state index in [9.17, 15) is 26.3 Å². The van der Waals surface area contributed by atoms with Gasteiger partial charge in [-0.05, 0) is 71.3 Å². The van der Waals surface area contributed by atoms with Gasteiger partial charge in [0.15, 0.2) is 5.83 Å². The Morgan fingerprint density at radius 1 is 0.622 bits per heavy atom. The zero-order valence-corrected chi connectivity index (χ0v) is 20.5. The molecule has 0 aliphatic rings. The summed E-state index contributed by atoms with van der Waals surface area (Å²) < 4.78 is 84.7. The molecule has 37 heavy (non-hydrogen) atoms. The minimum Gasteiger partial charge on any atom is -0.209 e. The molecule has 0 amide bonds. The molecule has 0 radical (unpaired) electrons. The summed E-state index contributed by atoms with van der Waals surface area (Å²) in [5.41, 5.74) is 2.13. The van der Waals surface area contributed by atoms with Crippen molar-refractivity contribution in [1.29, 1.82) is 0 Å². The highest BCUT2D eigenvalue weighted by Crippen LogP contribution is 2.33. The third kappa shape index (κ3) is 5.91. The molecule has 0 saturated carbocycles. The minimum atomic E-state index is -0.960. The Bertz CT molecular complexity index is 1410. The highest BCUT2D eigenvalue weighted by molar-refractivity contribution is 6.30. The van der Waals surface area contributed by atoms with Gasteiger partial charge >= 0.3 is 0 Å². The van der Waals surface area contributed by atoms with Gasteiger partial charge in [-0.15, -0.1) is 0 Å². The monoisotopic (exact) mass is 530 g/mol. The SMILES string of the molecule is CC/C(F)=C(\F)c1ccc(-c2cc(F)c(-c3ccc(CCc4cc(F)c(Cl)c(F)c4)cc3)c(F)c2)cc1. The first-order chi connectivity index (χ1) is 17.7. The number of benzene rings is 4. The summed E-state index contributed by atoms with van der Waals surface area (Å²) in [5.74, 6) is -5.03. The molecule has 0 N–H and O–H groups in total. The van der Waals surface area contributed by atoms with Gasteiger partial charge in [-0.1, -0.05) is 67.1 Å². The van der Waals surface area contributed by atoms with Crippen molar-refractivity contribution in [3.63, 3.8) is 0 Å². The van der Waals surface area contributed by atoms with E-state index in [4.69, 9.17) is 11.6 Å². The van der Waals surface area contributed by atoms with Gasteiger partial charge in [-0.25, -0.2) is 26.3 Å². The number of rotatable bonds is 7. The highest BCUT2D eigenvalue weighted by Gasteiger charge is 2.15. The minimum absolute atomic E-state index is 0.0482. The third-order valence-corrected chi connectivity index (χ3v) is 6.41. The van der Waals surface area contributed by atoms with E-state index < -0.39 is 39.9 Å². The summed E-state index contributed by atoms with van der Waals surface area (Å²) in [6, 6.07) is 16.9. The van der Waals surface area contributed by atoms with E-state index in [-0.39, 0.29) is 23.1 Å². The number of hydrogen-bond donors (Lipinski definition) is 0. The molecule has 0 atom stereocenters. The molecule has 0 unspecified atom stereocenters. The maximum Gasteiger partial charge on any atom is 0.161 e. The molecular weight excluding hydrogens is 510 g/mol. The molecule has 0 saturated heterocycles. The van der Waals surface area contributed by atoms with Gasteiger partial charge in [-0.3, -0.25) is 0 Å². The van der Waals surface area contributed by atoms with Gasteiger partial charge < -0.3 is 0 Å². The van der Waals surface area contributed by atoms with Crippen LogP contribution < -0.4 is 0 Å². The summed E-state index contributed by atoms with van der Waals surface area (Å²) in [5, 5.41) is -0.548. The largest absolute Gasteiger partial charge is 0.209 e. The van der Waals surface area contributed by atoms with Crippen LogP contribution in [0.5, 0.6) is 0 Å². The van der Waals surface area contributed by atoms with Gasteiger partial charge in [0.25, 0.3) is 0 Å². The van der Waals surface area contributed by atoms with Crippen molar-refractivity contribution in [2.24, 2.45) is 0 Å². The molecule has 4 aromatic rings. The van der Waals surface area contributed by atoms with E-state index in [1.807, 2.05) is 0 Å². The van der Waals surface area contributed by atoms with Crippen LogP contribution >= 0.6 is 11.6 Å². The van der Waals surface area contributed by atoms with Gasteiger partial charge in [0.1, 0.15) is 34.1 Å². The van der Waals surface area contributed by atoms with Gasteiger partial charge in [0.2, 0.25) is 0 Å². The lowest BCUT2D eigenvalue weighted by Gasteiger charge is -2.11. The third-order valence-electron chi connectivity index (χ3n) is 6.05. The predicted molar refractivity (Wildman–Crippen MR) is 135 cm³/mol. The molecule has 4 rings (SSSR count). The van der Waals surface area contributed by atoms with Crippen LogP contribution in [0.4, 0.5) is 26.3 Å². The van der Waals surface area contributed by atoms with Gasteiger partial charge in [0.05, 0.1) is 5.56 Å². The van der Waals surface area contributed by atoms with Crippen LogP contribution in [0.25, 0.3) is 28.1 Å². The predicted octanol–water partition coefficient (Wildman–Crippen LogP) is 10.0. The van der Waals surface area contributed by atoms with Crippen molar-refractivity contribution in [3.8, 4) is 22.3 Å². The normalized spacial score (nSPS) is 12.0. The molecule has 7 heteroatoms. The quantitative estimate of drug-likeness (QED) is 0.165. The molecule has 0 aliphatic heterocycles. The summed E-state index contributed by atoms with van der Waals surface area (Å²) in [7, 11) is 0. The fourth-order valence-electron chi connectivity index (χ4n) is 4.02. The molecule has 0 heterocycles. The lowest BCUT2D eigenvalue weighted by atomic mass is 9.96. The molecule has 0 bridgehead atoms. The van der Waals surface area contributed by atoms with E-state index >= 15 is 0 Å². The maximum atomic E-state index is 15.0. The second-order valence-electron chi connectivity index (χ2n) is 8.54. The fourth-order valence-corrected chi connectivity index (χ4v) is 4.12. The lowest BCUT2D eigenvalue weighted by Crippen LogP contribution is -1.96. The standard InChI is InChI=1S/C30H21ClF6/c1-2-23(32)30(37)21-11-9-19(10-12-21)22-15-24(33)28(25(34)16-22)20-7-5-17(6-8-20)3-4-18-13-26(35)29(31)27(36)14-18/h5-16H,2-4H2,1H3/b30-23+. The van der Waals surface area contributed by atoms with Crippen LogP contribution in [-0.4, -0.2) is 0 Å². The van der Waals surface area contributed by atoms with Crippen molar-refractivity contribution in [2.75, 3.05) is 0 Å². The van der Waals surface area contributed by atoms with E-state index in [1.165, 1.54) is 55.5 Å². The summed E-state index contributed by atoms with van der Waals surface area (Å²) in [4.78, 5) is 0. The Balaban J connectivity index is 1.52. The van der Waals surface area contributed by atoms with Crippen molar-refractivity contribution >= 4 is 17.4 Å². The van der Waals surface area contributed by atoms with Crippen molar-refractivity contribution in [2.45, 2.75) is 26.2 Å². The molecule has 190 valence electrons. The molecule has 0 aliphatic carbocycles. The number of allylic oxidation sites excluding steroid dienone is 1. The fraction of sp³-hybridized carbons (Fsp3) is 0.133. The molecule has 0 aromatic heterocycles. The van der Waals surface area contributed by atoms with Crippen LogP contribution in [0.2, 0.25) is 5.02 Å². The Morgan fingerprint density at radius 2 is 1.14 bits per heavy atom. The second-order valence-corrected chi connectivity index (χ2v) is 8.91. The van der Waals surface area contributed by atoms with Crippen LogP contribution in [0.15, 0.2) is 78.6 Å². The van der Waals surface area contributed by atoms with Gasteiger partial charge in [0, 0.05) is 5.56 Å². The van der Waals surface area contributed by atoms with E-state index in [2.05, 4.69) is 0 Å². The van der Waals surface area contributed by atoms with Crippen molar-refractivity contribution < 1.29 is 26.3 Å². The summed E-state index contributed by atoms with van der Waals surface area (Å²) >= 11 is 5.51. The number of aryl methyl sites for hydroxylation is 2. The van der Waals surface area contributed by atoms with E-state index in [0.29, 0.717) is 29.5 Å². The maximum absolute atomic E-state index is 15.0. The Hall–Kier alpha value is -3.51. The molecular formula is C30H21ClF6. The molecule has 4 aromatic carbocycles. The zero-order valence-electron chi connectivity index (χ0n) is 19.7. The van der Waals surface area contributed by atoms with Crippen molar-refractivity contribution in [1.82, 2.24) is 0 Å². The van der Waals surface area contributed by atoms with Gasteiger partial charge in [-0.2, -0.15) is 0 Å². The average molecular weight is 531 g/mol. The first-order valence-electron chi connectivity index (χ1n) is 11.5. The first kappa shape index (κ1) is 26.6. The van der Waals surface area contributed by atoms with Crippen LogP contribution in [0.3, 0.4) is 0 Å². The summed E-state index contributed by atoms with van der Waals surface area (Å²) in [6.07, 6.45) is 0.735. The summed E-state index contributed by atoms with van der Waals surface area (Å²) in [6.45, 7) is 1.50. The highest BCUT2D eigenvalue weighted by atomic mass is 35.5. The van der Waals surface area contributed by atoms with Crippen LogP contribution in [0.1, 0.15) is 30.0 Å². The lowest BCUT2D eigenvalue weighted by molar-refractivity contribution is 0.576. The smallest absolute Gasteiger partial charge is 0.161 e. The topological polar surface area (TPSA) is 0 Å². The van der Waals surface area contributed by atoms with Crippen LogP contribution in [0, 0.1) is 23.3 Å². The average Bonchev–Trinajstić information content (AvgIpc) is 2.90. The van der Waals surface area contributed by atoms with E-state index in [1.54, 1.807) is 24.3 Å². The first-order valence-corrected chi connectivity index (χ1v) is 11.9. The number of hydrogen-bond acceptors (Lipinski definition) is 0. The Labute approximate surface area is 215 Å². The molecule has 0 spiro atoms. The van der Waals surface area contributed by atoms with Crippen molar-refractivity contribution in [3.05, 3.63) is 124 Å². The second kappa shape index (κ2) is 11.3. The van der Waals surface area contributed by atoms with E-state index in [0.717, 1.165) is 5.56 Å². The Morgan fingerprint density at radius 3 is 1.68 bits per heavy atom. The molecule has 0 fully saturated rings. The molecule has 0 nitrogen and oxygen atoms in total. The Kier molecular flexibility index (Phi) is 8.08. The number of halogens is 7. The van der Waals surface area contributed by atoms with Crippen LogP contribution in [-0.2, 0) is 12.8 Å².